The van der Waals surface area contributed by atoms with Crippen molar-refractivity contribution in [3.8, 4) is 0 Å². The summed E-state index contributed by atoms with van der Waals surface area (Å²) < 4.78 is 39.6. The molecule has 1 aromatic carbocycles. The van der Waals surface area contributed by atoms with Crippen LogP contribution in [-0.2, 0) is 6.18 Å². The predicted molar refractivity (Wildman–Crippen MR) is 97.9 cm³/mol. The fourth-order valence-corrected chi connectivity index (χ4v) is 2.62. The molecule has 0 radical (unpaired) electrons. The first-order valence-corrected chi connectivity index (χ1v) is 9.20. The zero-order valence-corrected chi connectivity index (χ0v) is 15.4. The highest BCUT2D eigenvalue weighted by molar-refractivity contribution is 7.98. The van der Waals surface area contributed by atoms with E-state index in [4.69, 9.17) is 0 Å². The molecule has 0 bridgehead atoms. The lowest BCUT2D eigenvalue weighted by Crippen LogP contribution is -2.30. The Morgan fingerprint density at radius 2 is 1.92 bits per heavy atom. The third-order valence-electron chi connectivity index (χ3n) is 3.67. The zero-order valence-electron chi connectivity index (χ0n) is 14.6. The first-order valence-electron chi connectivity index (χ1n) is 7.97. The number of anilines is 3. The van der Waals surface area contributed by atoms with Crippen LogP contribution in [0.25, 0.3) is 0 Å². The van der Waals surface area contributed by atoms with E-state index in [0.29, 0.717) is 5.69 Å². The minimum atomic E-state index is -4.61. The number of benzene rings is 1. The molecule has 0 saturated heterocycles. The molecule has 5 nitrogen and oxygen atoms in total. The largest absolute Gasteiger partial charge is 0.433 e. The van der Waals surface area contributed by atoms with E-state index in [1.807, 2.05) is 32.2 Å². The average molecular weight is 386 g/mol. The molecular weight excluding hydrogens is 365 g/mol. The Bertz CT molecular complexity index is 740. The number of thioether (sulfide) groups is 1. The van der Waals surface area contributed by atoms with E-state index in [2.05, 4.69) is 20.6 Å². The maximum atomic E-state index is 13.2. The first kappa shape index (κ1) is 20.3. The van der Waals surface area contributed by atoms with Crippen molar-refractivity contribution in [1.82, 2.24) is 9.97 Å². The van der Waals surface area contributed by atoms with Crippen molar-refractivity contribution < 1.29 is 18.3 Å². The van der Waals surface area contributed by atoms with Gasteiger partial charge in [0.15, 0.2) is 5.69 Å². The van der Waals surface area contributed by atoms with Gasteiger partial charge in [-0.3, -0.25) is 0 Å². The molecule has 2 aromatic rings. The van der Waals surface area contributed by atoms with Gasteiger partial charge in [0, 0.05) is 16.6 Å². The highest BCUT2D eigenvalue weighted by atomic mass is 32.2. The van der Waals surface area contributed by atoms with Gasteiger partial charge in [-0.2, -0.15) is 18.2 Å². The molecule has 0 aliphatic carbocycles. The van der Waals surface area contributed by atoms with Crippen LogP contribution in [0, 0.1) is 5.92 Å². The van der Waals surface area contributed by atoms with E-state index < -0.39 is 17.9 Å². The highest BCUT2D eigenvalue weighted by Gasteiger charge is 2.34. The van der Waals surface area contributed by atoms with Crippen molar-refractivity contribution in [3.05, 3.63) is 36.0 Å². The second-order valence-electron chi connectivity index (χ2n) is 5.99. The summed E-state index contributed by atoms with van der Waals surface area (Å²) in [5.41, 5.74) is -0.434. The molecule has 0 saturated carbocycles. The molecule has 9 heteroatoms. The lowest BCUT2D eigenvalue weighted by molar-refractivity contribution is -0.141. The number of halogens is 3. The molecule has 0 unspecified atom stereocenters. The normalized spacial score (nSPS) is 12.9. The smallest absolute Gasteiger partial charge is 0.394 e. The summed E-state index contributed by atoms with van der Waals surface area (Å²) in [5, 5.41) is 15.0. The SMILES string of the molecule is CSc1cccc(Nc2cc(C(F)(F)F)nc(N[C@H](CO)C(C)C)n2)c1. The van der Waals surface area contributed by atoms with Crippen LogP contribution < -0.4 is 10.6 Å². The lowest BCUT2D eigenvalue weighted by Gasteiger charge is -2.21. The van der Waals surface area contributed by atoms with Gasteiger partial charge in [0.2, 0.25) is 5.95 Å². The summed E-state index contributed by atoms with van der Waals surface area (Å²) in [7, 11) is 0. The van der Waals surface area contributed by atoms with Gasteiger partial charge in [-0.05, 0) is 30.4 Å². The van der Waals surface area contributed by atoms with Gasteiger partial charge in [-0.25, -0.2) is 4.98 Å². The number of aliphatic hydroxyl groups is 1. The minimum Gasteiger partial charge on any atom is -0.394 e. The molecule has 0 amide bonds. The van der Waals surface area contributed by atoms with Crippen LogP contribution >= 0.6 is 11.8 Å². The van der Waals surface area contributed by atoms with Crippen LogP contribution in [0.1, 0.15) is 19.5 Å². The number of hydrogen-bond acceptors (Lipinski definition) is 6. The average Bonchev–Trinajstić information content (AvgIpc) is 2.58. The summed E-state index contributed by atoms with van der Waals surface area (Å²) >= 11 is 1.53. The Balaban J connectivity index is 2.36. The molecule has 3 N–H and O–H groups in total. The van der Waals surface area contributed by atoms with Gasteiger partial charge in [0.1, 0.15) is 5.82 Å². The Morgan fingerprint density at radius 1 is 1.19 bits per heavy atom. The van der Waals surface area contributed by atoms with Crippen LogP contribution in [0.2, 0.25) is 0 Å². The third kappa shape index (κ3) is 5.50. The lowest BCUT2D eigenvalue weighted by atomic mass is 10.1. The van der Waals surface area contributed by atoms with Crippen molar-refractivity contribution in [2.75, 3.05) is 23.5 Å². The first-order chi connectivity index (χ1) is 12.2. The van der Waals surface area contributed by atoms with E-state index in [9.17, 15) is 18.3 Å². The topological polar surface area (TPSA) is 70.1 Å². The molecule has 0 aliphatic rings. The van der Waals surface area contributed by atoms with Gasteiger partial charge in [0.25, 0.3) is 0 Å². The van der Waals surface area contributed by atoms with Crippen molar-refractivity contribution >= 4 is 29.2 Å². The van der Waals surface area contributed by atoms with E-state index in [-0.39, 0.29) is 24.3 Å². The number of nitrogens with one attached hydrogen (secondary N) is 2. The van der Waals surface area contributed by atoms with Gasteiger partial charge in [-0.15, -0.1) is 11.8 Å². The van der Waals surface area contributed by atoms with Crippen LogP contribution in [0.5, 0.6) is 0 Å². The summed E-state index contributed by atoms with van der Waals surface area (Å²) in [4.78, 5) is 8.64. The molecule has 1 atom stereocenters. The molecular formula is C17H21F3N4OS. The maximum absolute atomic E-state index is 13.2. The predicted octanol–water partition coefficient (Wildman–Crippen LogP) is 4.39. The number of nitrogens with zero attached hydrogens (tertiary/aromatic N) is 2. The molecule has 0 fully saturated rings. The molecule has 0 spiro atoms. The van der Waals surface area contributed by atoms with Gasteiger partial charge in [-0.1, -0.05) is 19.9 Å². The second-order valence-corrected chi connectivity index (χ2v) is 6.87. The quantitative estimate of drug-likeness (QED) is 0.613. The van der Waals surface area contributed by atoms with Crippen molar-refractivity contribution in [3.63, 3.8) is 0 Å². The van der Waals surface area contributed by atoms with Crippen molar-refractivity contribution in [1.29, 1.82) is 0 Å². The van der Waals surface area contributed by atoms with E-state index in [0.717, 1.165) is 11.0 Å². The molecule has 1 aromatic heterocycles. The van der Waals surface area contributed by atoms with Crippen LogP contribution in [0.4, 0.5) is 30.6 Å². The molecule has 1 heterocycles. The summed E-state index contributed by atoms with van der Waals surface area (Å²) in [6.07, 6.45) is -2.70. The Kier molecular flexibility index (Phi) is 6.71. The summed E-state index contributed by atoms with van der Waals surface area (Å²) in [5.74, 6) is -0.169. The number of aromatic nitrogens is 2. The number of alkyl halides is 3. The molecule has 2 rings (SSSR count). The monoisotopic (exact) mass is 386 g/mol. The molecule has 142 valence electrons. The van der Waals surface area contributed by atoms with Crippen LogP contribution in [-0.4, -0.2) is 34.0 Å². The second kappa shape index (κ2) is 8.59. The van der Waals surface area contributed by atoms with Gasteiger partial charge >= 0.3 is 6.18 Å². The van der Waals surface area contributed by atoms with E-state index in [1.165, 1.54) is 11.8 Å². The van der Waals surface area contributed by atoms with Crippen LogP contribution in [0.3, 0.4) is 0 Å². The summed E-state index contributed by atoms with van der Waals surface area (Å²) in [6.45, 7) is 3.44. The van der Waals surface area contributed by atoms with Gasteiger partial charge in [0.05, 0.1) is 12.6 Å². The fraction of sp³-hybridized carbons (Fsp3) is 0.412. The highest BCUT2D eigenvalue weighted by Crippen LogP contribution is 2.31. The molecule has 26 heavy (non-hydrogen) atoms. The Labute approximate surface area is 154 Å². The van der Waals surface area contributed by atoms with Crippen molar-refractivity contribution in [2.24, 2.45) is 5.92 Å². The van der Waals surface area contributed by atoms with E-state index >= 15 is 0 Å². The maximum Gasteiger partial charge on any atom is 0.433 e. The zero-order chi connectivity index (χ0) is 19.3. The number of hydrogen-bond donors (Lipinski definition) is 3. The standard InChI is InChI=1S/C17H21F3N4OS/c1-10(2)13(9-25)22-16-23-14(17(18,19)20)8-15(24-16)21-11-5-4-6-12(7-11)26-3/h4-8,10,13,25H,9H2,1-3H3,(H2,21,22,23,24)/t13-/m1/s1. The Hall–Kier alpha value is -2.00. The van der Waals surface area contributed by atoms with E-state index in [1.54, 1.807) is 12.1 Å². The van der Waals surface area contributed by atoms with Crippen LogP contribution in [0.15, 0.2) is 35.2 Å². The third-order valence-corrected chi connectivity index (χ3v) is 4.40. The van der Waals surface area contributed by atoms with Crippen molar-refractivity contribution in [2.45, 2.75) is 31.0 Å². The Morgan fingerprint density at radius 3 is 2.50 bits per heavy atom. The minimum absolute atomic E-state index is 0.00666. The number of aliphatic hydroxyl groups excluding tert-OH is 1. The van der Waals surface area contributed by atoms with Gasteiger partial charge < -0.3 is 15.7 Å². The molecule has 0 aliphatic heterocycles. The summed E-state index contributed by atoms with van der Waals surface area (Å²) in [6, 6.07) is 7.68. The fourth-order valence-electron chi connectivity index (χ4n) is 2.16. The number of rotatable bonds is 7.